The van der Waals surface area contributed by atoms with Gasteiger partial charge in [0.1, 0.15) is 0 Å². The predicted octanol–water partition coefficient (Wildman–Crippen LogP) is 0.751. The van der Waals surface area contributed by atoms with Gasteiger partial charge in [0.05, 0.1) is 11.6 Å². The van der Waals surface area contributed by atoms with Crippen LogP contribution in [0.2, 0.25) is 0 Å². The molecule has 4 N–H and O–H groups in total. The third kappa shape index (κ3) is 5.09. The summed E-state index contributed by atoms with van der Waals surface area (Å²) in [6, 6.07) is -1.04. The maximum atomic E-state index is 11.7. The van der Waals surface area contributed by atoms with E-state index in [1.54, 1.807) is 6.92 Å². The fourth-order valence-corrected chi connectivity index (χ4v) is 2.52. The first-order chi connectivity index (χ1) is 9.40. The number of carbonyl (C=O) groups excluding carboxylic acids is 2. The summed E-state index contributed by atoms with van der Waals surface area (Å²) >= 11 is 0. The van der Waals surface area contributed by atoms with Crippen molar-refractivity contribution in [3.05, 3.63) is 0 Å². The molecule has 0 aromatic carbocycles. The number of carbonyl (C=O) groups is 2. The van der Waals surface area contributed by atoms with E-state index >= 15 is 0 Å². The number of imide groups is 1. The zero-order chi connectivity index (χ0) is 15.2. The minimum Gasteiger partial charge on any atom is -0.389 e. The molecule has 3 amide bonds. The van der Waals surface area contributed by atoms with E-state index < -0.39 is 23.6 Å². The third-order valence-corrected chi connectivity index (χ3v) is 4.21. The van der Waals surface area contributed by atoms with Crippen LogP contribution >= 0.6 is 0 Å². The second-order valence-corrected chi connectivity index (χ2v) is 5.75. The second-order valence-electron chi connectivity index (χ2n) is 5.75. The fraction of sp³-hybridized carbons (Fsp3) is 0.857. The Labute approximate surface area is 120 Å². The molecule has 1 aliphatic rings. The molecule has 0 aromatic rings. The smallest absolute Gasteiger partial charge is 0.321 e. The highest BCUT2D eigenvalue weighted by Crippen LogP contribution is 2.33. The molecule has 1 saturated carbocycles. The molecule has 116 valence electrons. The minimum atomic E-state index is -0.729. The lowest BCUT2D eigenvalue weighted by atomic mass is 9.78. The zero-order valence-corrected chi connectivity index (χ0v) is 12.7. The predicted molar refractivity (Wildman–Crippen MR) is 77.3 cm³/mol. The minimum absolute atomic E-state index is 0.381. The lowest BCUT2D eigenvalue weighted by Gasteiger charge is -2.36. The molecule has 1 aliphatic carbocycles. The van der Waals surface area contributed by atoms with Crippen LogP contribution in [0.5, 0.6) is 0 Å². The van der Waals surface area contributed by atoms with Gasteiger partial charge in [-0.05, 0) is 38.5 Å². The van der Waals surface area contributed by atoms with Gasteiger partial charge in [-0.1, -0.05) is 13.3 Å². The van der Waals surface area contributed by atoms with Crippen LogP contribution in [0, 0.1) is 5.92 Å². The molecule has 20 heavy (non-hydrogen) atoms. The highest BCUT2D eigenvalue weighted by atomic mass is 16.3. The Morgan fingerprint density at radius 2 is 1.95 bits per heavy atom. The molecular formula is C14H27N3O3. The molecule has 0 spiro atoms. The topological polar surface area (TPSA) is 90.5 Å². The Morgan fingerprint density at radius 1 is 1.35 bits per heavy atom. The van der Waals surface area contributed by atoms with Crippen LogP contribution in [0.25, 0.3) is 0 Å². The van der Waals surface area contributed by atoms with Crippen molar-refractivity contribution in [2.24, 2.45) is 5.92 Å². The molecular weight excluding hydrogens is 258 g/mol. The Hall–Kier alpha value is -1.14. The lowest BCUT2D eigenvalue weighted by molar-refractivity contribution is -0.122. The van der Waals surface area contributed by atoms with Crippen LogP contribution in [0.1, 0.15) is 46.0 Å². The van der Waals surface area contributed by atoms with Crippen molar-refractivity contribution in [2.45, 2.75) is 57.6 Å². The van der Waals surface area contributed by atoms with E-state index in [2.05, 4.69) is 22.9 Å². The molecule has 0 heterocycles. The van der Waals surface area contributed by atoms with E-state index in [0.29, 0.717) is 12.5 Å². The molecule has 1 atom stereocenters. The van der Waals surface area contributed by atoms with E-state index in [1.807, 2.05) is 0 Å². The summed E-state index contributed by atoms with van der Waals surface area (Å²) in [5.41, 5.74) is -0.729. The van der Waals surface area contributed by atoms with Gasteiger partial charge in [0.15, 0.2) is 0 Å². The monoisotopic (exact) mass is 285 g/mol. The van der Waals surface area contributed by atoms with Crippen molar-refractivity contribution in [3.63, 3.8) is 0 Å². The second kappa shape index (κ2) is 7.59. The summed E-state index contributed by atoms with van der Waals surface area (Å²) in [6.45, 7) is 4.24. The maximum absolute atomic E-state index is 11.7. The largest absolute Gasteiger partial charge is 0.389 e. The summed E-state index contributed by atoms with van der Waals surface area (Å²) in [5.74, 6) is 0.319. The molecule has 6 heteroatoms. The molecule has 1 unspecified atom stereocenters. The fourth-order valence-electron chi connectivity index (χ4n) is 2.52. The molecule has 0 aliphatic heterocycles. The number of amides is 3. The lowest BCUT2D eigenvalue weighted by Crippen LogP contribution is -2.52. The standard InChI is InChI=1S/C14H27N3O3/c1-4-11-5-7-14(20,8-6-11)9-16-10(2)12(18)17-13(19)15-3/h10-11,16,20H,4-9H2,1-3H3,(H2,15,17,18,19). The Bertz CT molecular complexity index is 339. The SMILES string of the molecule is CCC1CCC(O)(CNC(C)C(=O)NC(=O)NC)CC1. The van der Waals surface area contributed by atoms with Gasteiger partial charge in [-0.2, -0.15) is 0 Å². The van der Waals surface area contributed by atoms with Gasteiger partial charge in [0.2, 0.25) is 5.91 Å². The van der Waals surface area contributed by atoms with Crippen LogP contribution in [0.4, 0.5) is 4.79 Å². The zero-order valence-electron chi connectivity index (χ0n) is 12.7. The van der Waals surface area contributed by atoms with Gasteiger partial charge >= 0.3 is 6.03 Å². The van der Waals surface area contributed by atoms with Crippen LogP contribution in [0.3, 0.4) is 0 Å². The summed E-state index contributed by atoms with van der Waals surface area (Å²) in [7, 11) is 1.45. The van der Waals surface area contributed by atoms with Crippen molar-refractivity contribution >= 4 is 11.9 Å². The molecule has 6 nitrogen and oxygen atoms in total. The Balaban J connectivity index is 2.35. The highest BCUT2D eigenvalue weighted by molar-refractivity contribution is 5.96. The molecule has 0 bridgehead atoms. The van der Waals surface area contributed by atoms with Gasteiger partial charge in [-0.15, -0.1) is 0 Å². The van der Waals surface area contributed by atoms with Crippen molar-refractivity contribution < 1.29 is 14.7 Å². The van der Waals surface area contributed by atoms with Crippen molar-refractivity contribution in [1.82, 2.24) is 16.0 Å². The van der Waals surface area contributed by atoms with E-state index in [9.17, 15) is 14.7 Å². The molecule has 1 rings (SSSR count). The van der Waals surface area contributed by atoms with Crippen molar-refractivity contribution in [2.75, 3.05) is 13.6 Å². The molecule has 0 aromatic heterocycles. The van der Waals surface area contributed by atoms with Gasteiger partial charge in [-0.3, -0.25) is 10.1 Å². The number of hydrogen-bond acceptors (Lipinski definition) is 4. The van der Waals surface area contributed by atoms with Crippen molar-refractivity contribution in [3.8, 4) is 0 Å². The van der Waals surface area contributed by atoms with Gasteiger partial charge in [0, 0.05) is 13.6 Å². The summed E-state index contributed by atoms with van der Waals surface area (Å²) < 4.78 is 0. The van der Waals surface area contributed by atoms with E-state index in [0.717, 1.165) is 32.1 Å². The number of aliphatic hydroxyl groups is 1. The highest BCUT2D eigenvalue weighted by Gasteiger charge is 2.33. The quantitative estimate of drug-likeness (QED) is 0.600. The first-order valence-corrected chi connectivity index (χ1v) is 7.38. The average molecular weight is 285 g/mol. The third-order valence-electron chi connectivity index (χ3n) is 4.21. The Morgan fingerprint density at radius 3 is 2.45 bits per heavy atom. The van der Waals surface area contributed by atoms with Crippen LogP contribution in [-0.4, -0.2) is 42.3 Å². The van der Waals surface area contributed by atoms with Crippen LogP contribution < -0.4 is 16.0 Å². The average Bonchev–Trinajstić information content (AvgIpc) is 2.45. The van der Waals surface area contributed by atoms with E-state index in [4.69, 9.17) is 0 Å². The summed E-state index contributed by atoms with van der Waals surface area (Å²) in [6.07, 6.45) is 4.76. The molecule has 0 saturated heterocycles. The maximum Gasteiger partial charge on any atom is 0.321 e. The number of urea groups is 1. The van der Waals surface area contributed by atoms with Crippen LogP contribution in [0.15, 0.2) is 0 Å². The first-order valence-electron chi connectivity index (χ1n) is 7.38. The van der Waals surface area contributed by atoms with E-state index in [-0.39, 0.29) is 0 Å². The number of rotatable bonds is 5. The molecule has 0 radical (unpaired) electrons. The van der Waals surface area contributed by atoms with Gasteiger partial charge in [-0.25, -0.2) is 4.79 Å². The number of nitrogens with one attached hydrogen (secondary N) is 3. The van der Waals surface area contributed by atoms with Crippen molar-refractivity contribution in [1.29, 1.82) is 0 Å². The normalized spacial score (nSPS) is 27.7. The Kier molecular flexibility index (Phi) is 6.42. The number of hydrogen-bond donors (Lipinski definition) is 4. The van der Waals surface area contributed by atoms with Gasteiger partial charge in [0.25, 0.3) is 0 Å². The van der Waals surface area contributed by atoms with E-state index in [1.165, 1.54) is 7.05 Å². The first kappa shape index (κ1) is 16.9. The summed E-state index contributed by atoms with van der Waals surface area (Å²) in [4.78, 5) is 22.7. The molecule has 1 fully saturated rings. The van der Waals surface area contributed by atoms with Crippen LogP contribution in [-0.2, 0) is 4.79 Å². The van der Waals surface area contributed by atoms with Gasteiger partial charge < -0.3 is 15.7 Å². The summed E-state index contributed by atoms with van der Waals surface area (Å²) in [5, 5.41) is 18.0.